The molecule has 0 N–H and O–H groups in total. The Morgan fingerprint density at radius 2 is 1.83 bits per heavy atom. The van der Waals surface area contributed by atoms with Gasteiger partial charge >= 0.3 is 0 Å². The number of hydrogen-bond donors (Lipinski definition) is 0. The zero-order valence-corrected chi connectivity index (χ0v) is 16.4. The number of nitrogens with zero attached hydrogens (tertiary/aromatic N) is 5. The first-order chi connectivity index (χ1) is 14.7. The molecule has 0 radical (unpaired) electrons. The van der Waals surface area contributed by atoms with Crippen LogP contribution in [0.25, 0.3) is 21.3 Å². The quantitative estimate of drug-likeness (QED) is 0.428. The molecule has 146 valence electrons. The number of carbonyl (C=O) groups excluding carboxylic acids is 1. The van der Waals surface area contributed by atoms with Gasteiger partial charge in [-0.1, -0.05) is 29.5 Å². The van der Waals surface area contributed by atoms with E-state index in [2.05, 4.69) is 19.9 Å². The van der Waals surface area contributed by atoms with E-state index in [1.54, 1.807) is 18.5 Å². The van der Waals surface area contributed by atoms with Crippen molar-refractivity contribution in [2.75, 3.05) is 4.90 Å². The van der Waals surface area contributed by atoms with Crippen LogP contribution in [-0.4, -0.2) is 25.8 Å². The fourth-order valence-electron chi connectivity index (χ4n) is 3.10. The second-order valence-corrected chi connectivity index (χ2v) is 7.61. The van der Waals surface area contributed by atoms with Crippen molar-refractivity contribution in [1.82, 2.24) is 19.9 Å². The van der Waals surface area contributed by atoms with Crippen LogP contribution in [-0.2, 0) is 6.54 Å². The summed E-state index contributed by atoms with van der Waals surface area (Å²) < 4.78 is 14.3. The predicted octanol–water partition coefficient (Wildman–Crippen LogP) is 4.62. The summed E-state index contributed by atoms with van der Waals surface area (Å²) in [6.07, 6.45) is 4.83. The molecule has 1 amide bonds. The molecule has 2 aromatic carbocycles. The summed E-state index contributed by atoms with van der Waals surface area (Å²) in [7, 11) is 0. The molecule has 0 saturated heterocycles. The third-order valence-electron chi connectivity index (χ3n) is 4.55. The minimum Gasteiger partial charge on any atom is -0.278 e. The van der Waals surface area contributed by atoms with Crippen LogP contribution in [0, 0.1) is 5.82 Å². The van der Waals surface area contributed by atoms with E-state index in [1.807, 2.05) is 36.4 Å². The van der Waals surface area contributed by atoms with Crippen molar-refractivity contribution in [3.8, 4) is 0 Å². The first-order valence-corrected chi connectivity index (χ1v) is 9.98. The van der Waals surface area contributed by atoms with E-state index in [9.17, 15) is 9.18 Å². The second kappa shape index (κ2) is 7.57. The largest absolute Gasteiger partial charge is 0.280 e. The Hall–Kier alpha value is -3.78. The van der Waals surface area contributed by atoms with Gasteiger partial charge in [0, 0.05) is 12.4 Å². The monoisotopic (exact) mass is 415 g/mol. The molecule has 8 heteroatoms. The average molecular weight is 415 g/mol. The third-order valence-corrected chi connectivity index (χ3v) is 5.59. The molecule has 0 aliphatic heterocycles. The highest BCUT2D eigenvalue weighted by Gasteiger charge is 2.23. The predicted molar refractivity (Wildman–Crippen MR) is 114 cm³/mol. The summed E-state index contributed by atoms with van der Waals surface area (Å²) in [6, 6.07) is 15.4. The van der Waals surface area contributed by atoms with Crippen LogP contribution in [0.2, 0.25) is 0 Å². The number of aromatic nitrogens is 4. The maximum atomic E-state index is 13.6. The van der Waals surface area contributed by atoms with Crippen molar-refractivity contribution < 1.29 is 9.18 Å². The maximum absolute atomic E-state index is 13.6. The van der Waals surface area contributed by atoms with E-state index < -0.39 is 0 Å². The summed E-state index contributed by atoms with van der Waals surface area (Å²) in [5, 5.41) is 0.458. The lowest BCUT2D eigenvalue weighted by Crippen LogP contribution is -2.31. The molecule has 5 rings (SSSR count). The Labute approximate surface area is 174 Å². The lowest BCUT2D eigenvalue weighted by Gasteiger charge is -2.19. The summed E-state index contributed by atoms with van der Waals surface area (Å²) in [5.41, 5.74) is 3.03. The van der Waals surface area contributed by atoms with Gasteiger partial charge in [-0.2, -0.15) is 0 Å². The van der Waals surface area contributed by atoms with E-state index in [-0.39, 0.29) is 24.0 Å². The van der Waals surface area contributed by atoms with Crippen LogP contribution >= 0.6 is 11.3 Å². The van der Waals surface area contributed by atoms with E-state index in [0.717, 1.165) is 5.56 Å². The molecule has 0 fully saturated rings. The number of halogens is 1. The molecule has 0 aliphatic carbocycles. The zero-order chi connectivity index (χ0) is 20.5. The summed E-state index contributed by atoms with van der Waals surface area (Å²) >= 11 is 1.25. The van der Waals surface area contributed by atoms with E-state index in [0.29, 0.717) is 26.4 Å². The minimum atomic E-state index is -0.344. The number of amides is 1. The van der Waals surface area contributed by atoms with Crippen LogP contribution in [0.4, 0.5) is 9.52 Å². The highest BCUT2D eigenvalue weighted by Crippen LogP contribution is 2.31. The molecule has 0 bridgehead atoms. The average Bonchev–Trinajstić information content (AvgIpc) is 3.20. The SMILES string of the molecule is O=C(c1cnc2ccccc2n1)N(Cc1cccnc1)c1nc2ccc(F)cc2s1. The van der Waals surface area contributed by atoms with Crippen molar-refractivity contribution in [2.24, 2.45) is 0 Å². The number of anilines is 1. The fourth-order valence-corrected chi connectivity index (χ4v) is 4.09. The van der Waals surface area contributed by atoms with Gasteiger partial charge in [-0.25, -0.2) is 14.4 Å². The molecule has 0 atom stereocenters. The Balaban J connectivity index is 1.59. The van der Waals surface area contributed by atoms with Gasteiger partial charge in [0.2, 0.25) is 0 Å². The lowest BCUT2D eigenvalue weighted by atomic mass is 10.2. The van der Waals surface area contributed by atoms with Crippen molar-refractivity contribution >= 4 is 43.6 Å². The number of rotatable bonds is 4. The molecule has 6 nitrogen and oxygen atoms in total. The van der Waals surface area contributed by atoms with Crippen LogP contribution in [0.1, 0.15) is 16.1 Å². The highest BCUT2D eigenvalue weighted by molar-refractivity contribution is 7.22. The number of fused-ring (bicyclic) bond motifs is 2. The topological polar surface area (TPSA) is 71.9 Å². The van der Waals surface area contributed by atoms with Gasteiger partial charge in [-0.05, 0) is 42.0 Å². The van der Waals surface area contributed by atoms with Crippen LogP contribution in [0.15, 0.2) is 73.2 Å². The van der Waals surface area contributed by atoms with Crippen molar-refractivity contribution in [1.29, 1.82) is 0 Å². The molecule has 0 unspecified atom stereocenters. The summed E-state index contributed by atoms with van der Waals surface area (Å²) in [6.45, 7) is 0.253. The Morgan fingerprint density at radius 1 is 0.967 bits per heavy atom. The van der Waals surface area contributed by atoms with Gasteiger partial charge in [-0.3, -0.25) is 19.7 Å². The van der Waals surface area contributed by atoms with E-state index in [1.165, 1.54) is 34.6 Å². The zero-order valence-electron chi connectivity index (χ0n) is 15.6. The van der Waals surface area contributed by atoms with Crippen LogP contribution < -0.4 is 4.90 Å². The van der Waals surface area contributed by atoms with E-state index >= 15 is 0 Å². The van der Waals surface area contributed by atoms with Gasteiger partial charge in [0.05, 0.1) is 34.0 Å². The Bertz CT molecular complexity index is 1370. The molecule has 0 aliphatic rings. The molecular formula is C22H14FN5OS. The molecular weight excluding hydrogens is 401 g/mol. The van der Waals surface area contributed by atoms with Gasteiger partial charge < -0.3 is 0 Å². The number of pyridine rings is 1. The number of thiazole rings is 1. The highest BCUT2D eigenvalue weighted by atomic mass is 32.1. The van der Waals surface area contributed by atoms with Crippen molar-refractivity contribution in [3.05, 3.63) is 90.3 Å². The fraction of sp³-hybridized carbons (Fsp3) is 0.0455. The molecule has 30 heavy (non-hydrogen) atoms. The Morgan fingerprint density at radius 3 is 2.67 bits per heavy atom. The van der Waals surface area contributed by atoms with E-state index in [4.69, 9.17) is 0 Å². The number of hydrogen-bond acceptors (Lipinski definition) is 6. The normalized spacial score (nSPS) is 11.1. The number of para-hydroxylation sites is 2. The van der Waals surface area contributed by atoms with Gasteiger partial charge in [0.25, 0.3) is 5.91 Å². The molecule has 0 spiro atoms. The smallest absolute Gasteiger partial charge is 0.278 e. The molecule has 3 aromatic heterocycles. The standard InChI is InChI=1S/C22H14FN5OS/c23-15-7-8-18-20(10-15)30-22(27-18)28(13-14-4-3-9-24-11-14)21(29)19-12-25-16-5-1-2-6-17(16)26-19/h1-12H,13H2. The maximum Gasteiger partial charge on any atom is 0.280 e. The minimum absolute atomic E-state index is 0.211. The Kier molecular flexibility index (Phi) is 4.61. The van der Waals surface area contributed by atoms with Gasteiger partial charge in [-0.15, -0.1) is 0 Å². The van der Waals surface area contributed by atoms with Crippen LogP contribution in [0.5, 0.6) is 0 Å². The van der Waals surface area contributed by atoms with Crippen molar-refractivity contribution in [3.63, 3.8) is 0 Å². The first-order valence-electron chi connectivity index (χ1n) is 9.16. The third kappa shape index (κ3) is 3.48. The molecule has 0 saturated carbocycles. The first kappa shape index (κ1) is 18.3. The van der Waals surface area contributed by atoms with Crippen molar-refractivity contribution in [2.45, 2.75) is 6.54 Å². The second-order valence-electron chi connectivity index (χ2n) is 6.61. The van der Waals surface area contributed by atoms with Crippen LogP contribution in [0.3, 0.4) is 0 Å². The van der Waals surface area contributed by atoms with Gasteiger partial charge in [0.1, 0.15) is 11.5 Å². The molecule has 3 heterocycles. The van der Waals surface area contributed by atoms with Gasteiger partial charge in [0.15, 0.2) is 5.13 Å². The summed E-state index contributed by atoms with van der Waals surface area (Å²) in [4.78, 5) is 32.5. The number of carbonyl (C=O) groups is 1. The lowest BCUT2D eigenvalue weighted by molar-refractivity contribution is 0.0980. The number of benzene rings is 2. The summed E-state index contributed by atoms with van der Waals surface area (Å²) in [5.74, 6) is -0.681. The molecule has 5 aromatic rings.